The summed E-state index contributed by atoms with van der Waals surface area (Å²) in [7, 11) is 0. The topological polar surface area (TPSA) is 99.7 Å². The van der Waals surface area contributed by atoms with Crippen LogP contribution in [-0.2, 0) is 11.0 Å². The summed E-state index contributed by atoms with van der Waals surface area (Å²) in [6, 6.07) is 11.2. The number of nitrogens with one attached hydrogen (secondary N) is 2. The highest BCUT2D eigenvalue weighted by atomic mass is 19.4. The number of carbonyl (C=O) groups excluding carboxylic acids is 2. The quantitative estimate of drug-likeness (QED) is 0.415. The lowest BCUT2D eigenvalue weighted by atomic mass is 10.1. The van der Waals surface area contributed by atoms with Gasteiger partial charge in [-0.05, 0) is 55.8 Å². The number of aryl methyl sites for hydroxylation is 1. The zero-order valence-corrected chi connectivity index (χ0v) is 21.7. The first-order valence-electron chi connectivity index (χ1n) is 12.4. The molecule has 0 radical (unpaired) electrons. The smallest absolute Gasteiger partial charge is 0.416 e. The van der Waals surface area contributed by atoms with Gasteiger partial charge < -0.3 is 25.2 Å². The summed E-state index contributed by atoms with van der Waals surface area (Å²) in [5, 5.41) is 4.99. The van der Waals surface area contributed by atoms with Crippen molar-refractivity contribution in [2.45, 2.75) is 39.4 Å². The highest BCUT2D eigenvalue weighted by Crippen LogP contribution is 2.33. The zero-order chi connectivity index (χ0) is 28.2. The fourth-order valence-electron chi connectivity index (χ4n) is 4.32. The van der Waals surface area contributed by atoms with Crippen molar-refractivity contribution in [2.24, 2.45) is 0 Å². The van der Waals surface area contributed by atoms with Crippen LogP contribution in [0, 0.1) is 6.92 Å². The van der Waals surface area contributed by atoms with Gasteiger partial charge in [-0.1, -0.05) is 13.0 Å². The minimum atomic E-state index is -4.51. The van der Waals surface area contributed by atoms with Crippen LogP contribution < -0.4 is 20.3 Å². The summed E-state index contributed by atoms with van der Waals surface area (Å²) in [6.45, 7) is 7.12. The standard InChI is InChI=1S/C27H29F3N6O3/c1-4-25(37)35-11-12-36(18(3)15-35)23-14-24(32-16-31-23)39-21-9-7-19(8-10-21)33-26(38)34-20-6-5-17(2)22(13-20)27(28,29)30/h5-10,13-14,16,18H,4,11-12,15H2,1-3H3,(H2,33,34,38)/t18-/m1/s1. The predicted octanol–water partition coefficient (Wildman–Crippen LogP) is 5.69. The molecule has 0 bridgehead atoms. The van der Waals surface area contributed by atoms with Crippen LogP contribution in [0.5, 0.6) is 11.6 Å². The Morgan fingerprint density at radius 1 is 1.03 bits per heavy atom. The molecule has 2 aromatic carbocycles. The molecule has 39 heavy (non-hydrogen) atoms. The average molecular weight is 543 g/mol. The van der Waals surface area contributed by atoms with Gasteiger partial charge in [0.25, 0.3) is 0 Å². The van der Waals surface area contributed by atoms with E-state index in [0.717, 1.165) is 6.07 Å². The molecule has 0 unspecified atom stereocenters. The van der Waals surface area contributed by atoms with Gasteiger partial charge in [0.15, 0.2) is 0 Å². The Hall–Kier alpha value is -4.35. The molecular weight excluding hydrogens is 513 g/mol. The number of halogens is 3. The number of benzene rings is 2. The van der Waals surface area contributed by atoms with E-state index < -0.39 is 17.8 Å². The Labute approximate surface area is 224 Å². The Balaban J connectivity index is 1.35. The van der Waals surface area contributed by atoms with Gasteiger partial charge in [-0.15, -0.1) is 0 Å². The number of hydrogen-bond donors (Lipinski definition) is 2. The number of rotatable bonds is 6. The summed E-state index contributed by atoms with van der Waals surface area (Å²) >= 11 is 0. The summed E-state index contributed by atoms with van der Waals surface area (Å²) in [5.41, 5.74) is -0.296. The second-order valence-electron chi connectivity index (χ2n) is 9.18. The fraction of sp³-hybridized carbons (Fsp3) is 0.333. The second kappa shape index (κ2) is 11.6. The largest absolute Gasteiger partial charge is 0.439 e. The van der Waals surface area contributed by atoms with Gasteiger partial charge in [-0.2, -0.15) is 13.2 Å². The Kier molecular flexibility index (Phi) is 8.22. The maximum Gasteiger partial charge on any atom is 0.416 e. The van der Waals surface area contributed by atoms with Crippen molar-refractivity contribution in [3.8, 4) is 11.6 Å². The second-order valence-corrected chi connectivity index (χ2v) is 9.18. The lowest BCUT2D eigenvalue weighted by molar-refractivity contribution is -0.138. The van der Waals surface area contributed by atoms with Crippen LogP contribution in [0.25, 0.3) is 0 Å². The van der Waals surface area contributed by atoms with E-state index in [1.54, 1.807) is 30.3 Å². The Morgan fingerprint density at radius 3 is 2.38 bits per heavy atom. The molecule has 1 aliphatic heterocycles. The van der Waals surface area contributed by atoms with E-state index in [-0.39, 0.29) is 23.2 Å². The van der Waals surface area contributed by atoms with Crippen LogP contribution in [0.15, 0.2) is 54.9 Å². The molecule has 9 nitrogen and oxygen atoms in total. The first-order valence-corrected chi connectivity index (χ1v) is 12.4. The molecule has 4 rings (SSSR count). The maximum absolute atomic E-state index is 13.1. The van der Waals surface area contributed by atoms with Crippen LogP contribution in [0.1, 0.15) is 31.4 Å². The molecule has 2 heterocycles. The number of nitrogens with zero attached hydrogens (tertiary/aromatic N) is 4. The summed E-state index contributed by atoms with van der Waals surface area (Å²) in [4.78, 5) is 36.8. The molecule has 1 aromatic heterocycles. The van der Waals surface area contributed by atoms with Crippen molar-refractivity contribution in [1.82, 2.24) is 14.9 Å². The third kappa shape index (κ3) is 6.95. The van der Waals surface area contributed by atoms with Crippen LogP contribution in [-0.4, -0.2) is 52.5 Å². The molecule has 2 N–H and O–H groups in total. The SMILES string of the molecule is CCC(=O)N1CCN(c2cc(Oc3ccc(NC(=O)Nc4ccc(C)c(C(F)(F)F)c4)cc3)ncn2)[C@H](C)C1. The molecule has 1 fully saturated rings. The normalized spacial score (nSPS) is 15.6. The van der Waals surface area contributed by atoms with Crippen molar-refractivity contribution < 1.29 is 27.5 Å². The first kappa shape index (κ1) is 27.7. The average Bonchev–Trinajstić information content (AvgIpc) is 2.90. The van der Waals surface area contributed by atoms with Gasteiger partial charge >= 0.3 is 12.2 Å². The van der Waals surface area contributed by atoms with Crippen molar-refractivity contribution in [3.05, 3.63) is 66.0 Å². The van der Waals surface area contributed by atoms with Gasteiger partial charge in [-0.25, -0.2) is 14.8 Å². The number of ether oxygens (including phenoxy) is 1. The number of carbonyl (C=O) groups is 2. The lowest BCUT2D eigenvalue weighted by Gasteiger charge is -2.40. The van der Waals surface area contributed by atoms with Gasteiger partial charge in [0.1, 0.15) is 17.9 Å². The first-order chi connectivity index (χ1) is 18.5. The molecule has 1 atom stereocenters. The van der Waals surface area contributed by atoms with Gasteiger partial charge in [-0.3, -0.25) is 4.79 Å². The number of alkyl halides is 3. The maximum atomic E-state index is 13.1. The van der Waals surface area contributed by atoms with Gasteiger partial charge in [0.2, 0.25) is 11.8 Å². The number of anilines is 3. The highest BCUT2D eigenvalue weighted by molar-refractivity contribution is 5.99. The van der Waals surface area contributed by atoms with Crippen molar-refractivity contribution in [3.63, 3.8) is 0 Å². The summed E-state index contributed by atoms with van der Waals surface area (Å²) in [5.74, 6) is 1.62. The Bertz CT molecular complexity index is 1330. The van der Waals surface area contributed by atoms with Crippen LogP contribution in [0.4, 0.5) is 35.2 Å². The molecule has 1 saturated heterocycles. The lowest BCUT2D eigenvalue weighted by Crippen LogP contribution is -2.53. The van der Waals surface area contributed by atoms with Crippen molar-refractivity contribution in [1.29, 1.82) is 0 Å². The number of aromatic nitrogens is 2. The van der Waals surface area contributed by atoms with Gasteiger partial charge in [0, 0.05) is 49.5 Å². The van der Waals surface area contributed by atoms with E-state index in [1.165, 1.54) is 25.4 Å². The molecule has 206 valence electrons. The Morgan fingerprint density at radius 2 is 1.72 bits per heavy atom. The fourth-order valence-corrected chi connectivity index (χ4v) is 4.32. The van der Waals surface area contributed by atoms with E-state index >= 15 is 0 Å². The molecular formula is C27H29F3N6O3. The predicted molar refractivity (Wildman–Crippen MR) is 141 cm³/mol. The highest BCUT2D eigenvalue weighted by Gasteiger charge is 2.32. The number of hydrogen-bond acceptors (Lipinski definition) is 6. The van der Waals surface area contributed by atoms with Crippen LogP contribution in [0.2, 0.25) is 0 Å². The third-order valence-corrected chi connectivity index (χ3v) is 6.34. The third-order valence-electron chi connectivity index (χ3n) is 6.34. The summed E-state index contributed by atoms with van der Waals surface area (Å²) < 4.78 is 45.2. The monoisotopic (exact) mass is 542 g/mol. The molecule has 12 heteroatoms. The van der Waals surface area contributed by atoms with E-state index in [1.807, 2.05) is 18.7 Å². The molecule has 3 amide bonds. The molecule has 0 aliphatic carbocycles. The van der Waals surface area contributed by atoms with Crippen LogP contribution >= 0.6 is 0 Å². The number of urea groups is 1. The molecule has 0 saturated carbocycles. The van der Waals surface area contributed by atoms with Gasteiger partial charge in [0.05, 0.1) is 5.56 Å². The van der Waals surface area contributed by atoms with Crippen LogP contribution in [0.3, 0.4) is 0 Å². The minimum Gasteiger partial charge on any atom is -0.439 e. The van der Waals surface area contributed by atoms with E-state index in [9.17, 15) is 22.8 Å². The van der Waals surface area contributed by atoms with E-state index in [4.69, 9.17) is 4.74 Å². The van der Waals surface area contributed by atoms with Crippen molar-refractivity contribution >= 4 is 29.1 Å². The minimum absolute atomic E-state index is 0.0256. The molecule has 1 aliphatic rings. The summed E-state index contributed by atoms with van der Waals surface area (Å²) in [6.07, 6.45) is -2.62. The zero-order valence-electron chi connectivity index (χ0n) is 21.7. The number of amides is 3. The molecule has 0 spiro atoms. The van der Waals surface area contributed by atoms with E-state index in [0.29, 0.717) is 49.2 Å². The molecule has 3 aromatic rings. The number of piperazine rings is 1. The van der Waals surface area contributed by atoms with Crippen molar-refractivity contribution in [2.75, 3.05) is 35.2 Å². The van der Waals surface area contributed by atoms with E-state index in [2.05, 4.69) is 25.5 Å².